The minimum atomic E-state index is -0.789. The van der Waals surface area contributed by atoms with Crippen molar-refractivity contribution < 1.29 is 4.79 Å². The number of para-hydroxylation sites is 1. The largest absolute Gasteiger partial charge is 0.323 e. The highest BCUT2D eigenvalue weighted by atomic mass is 16.2. The van der Waals surface area contributed by atoms with Gasteiger partial charge in [0, 0.05) is 5.39 Å². The van der Waals surface area contributed by atoms with E-state index in [2.05, 4.69) is 15.5 Å². The fourth-order valence-electron chi connectivity index (χ4n) is 2.20. The number of carbonyl (C=O) groups excluding carboxylic acids is 1. The predicted molar refractivity (Wildman–Crippen MR) is 70.0 cm³/mol. The van der Waals surface area contributed by atoms with E-state index >= 15 is 0 Å². The lowest BCUT2D eigenvalue weighted by Gasteiger charge is -2.23. The Morgan fingerprint density at radius 3 is 3.06 bits per heavy atom. The van der Waals surface area contributed by atoms with Crippen LogP contribution in [0, 0.1) is 5.92 Å². The fraction of sp³-hybridized carbons (Fsp3) is 0.385. The lowest BCUT2D eigenvalue weighted by molar-refractivity contribution is -0.121. The summed E-state index contributed by atoms with van der Waals surface area (Å²) < 4.78 is 0. The monoisotopic (exact) mass is 244 g/mol. The van der Waals surface area contributed by atoms with Crippen LogP contribution in [-0.4, -0.2) is 21.6 Å². The zero-order valence-electron chi connectivity index (χ0n) is 10.2. The molecule has 4 N–H and O–H groups in total. The molecule has 1 aromatic heterocycles. The number of hydrogen-bond donors (Lipinski definition) is 3. The summed E-state index contributed by atoms with van der Waals surface area (Å²) >= 11 is 0. The average Bonchev–Trinajstić information content (AvgIpc) is 3.09. The number of nitrogens with one attached hydrogen (secondary N) is 2. The van der Waals surface area contributed by atoms with Gasteiger partial charge in [0.25, 0.3) is 0 Å². The summed E-state index contributed by atoms with van der Waals surface area (Å²) in [6, 6.07) is 5.68. The Hall–Kier alpha value is -1.88. The SMILES string of the molecule is CC(N)(C(=O)Nc1cccc2cn[nH]c12)C1CC1. The van der Waals surface area contributed by atoms with E-state index in [1.54, 1.807) is 13.1 Å². The second kappa shape index (κ2) is 3.81. The number of aromatic nitrogens is 2. The molecule has 5 heteroatoms. The summed E-state index contributed by atoms with van der Waals surface area (Å²) in [6.07, 6.45) is 3.80. The van der Waals surface area contributed by atoms with Gasteiger partial charge in [-0.1, -0.05) is 12.1 Å². The number of aromatic amines is 1. The zero-order chi connectivity index (χ0) is 12.8. The molecule has 1 aliphatic carbocycles. The molecule has 5 nitrogen and oxygen atoms in total. The number of benzene rings is 1. The Morgan fingerprint density at radius 1 is 1.56 bits per heavy atom. The molecule has 3 rings (SSSR count). The molecule has 94 valence electrons. The lowest BCUT2D eigenvalue weighted by atomic mass is 9.96. The number of carbonyl (C=O) groups is 1. The van der Waals surface area contributed by atoms with Gasteiger partial charge in [-0.25, -0.2) is 0 Å². The van der Waals surface area contributed by atoms with Crippen molar-refractivity contribution >= 4 is 22.5 Å². The first kappa shape index (κ1) is 11.2. The highest BCUT2D eigenvalue weighted by Gasteiger charge is 2.44. The minimum Gasteiger partial charge on any atom is -0.323 e. The van der Waals surface area contributed by atoms with Crippen LogP contribution >= 0.6 is 0 Å². The average molecular weight is 244 g/mol. The van der Waals surface area contributed by atoms with E-state index in [4.69, 9.17) is 5.73 Å². The van der Waals surface area contributed by atoms with Crippen LogP contribution in [0.15, 0.2) is 24.4 Å². The van der Waals surface area contributed by atoms with E-state index in [1.165, 1.54) is 0 Å². The van der Waals surface area contributed by atoms with Gasteiger partial charge in [-0.2, -0.15) is 5.10 Å². The standard InChI is InChI=1S/C13H16N4O/c1-13(14,9-5-6-9)12(18)16-10-4-2-3-8-7-15-17-11(8)10/h2-4,7,9H,5-6,14H2,1H3,(H,15,17)(H,16,18). The number of nitrogens with two attached hydrogens (primary N) is 1. The van der Waals surface area contributed by atoms with Crippen LogP contribution in [0.1, 0.15) is 19.8 Å². The summed E-state index contributed by atoms with van der Waals surface area (Å²) in [5, 5.41) is 10.7. The van der Waals surface area contributed by atoms with Crippen molar-refractivity contribution in [1.29, 1.82) is 0 Å². The van der Waals surface area contributed by atoms with Crippen molar-refractivity contribution in [3.63, 3.8) is 0 Å². The van der Waals surface area contributed by atoms with Crippen molar-refractivity contribution in [3.05, 3.63) is 24.4 Å². The Kier molecular flexibility index (Phi) is 2.38. The molecule has 0 bridgehead atoms. The number of H-pyrrole nitrogens is 1. The Bertz CT molecular complexity index is 598. The molecule has 18 heavy (non-hydrogen) atoms. The van der Waals surface area contributed by atoms with E-state index in [0.717, 1.165) is 29.4 Å². The van der Waals surface area contributed by atoms with Crippen molar-refractivity contribution in [3.8, 4) is 0 Å². The molecule has 0 spiro atoms. The van der Waals surface area contributed by atoms with E-state index in [1.807, 2.05) is 18.2 Å². The van der Waals surface area contributed by atoms with Gasteiger partial charge < -0.3 is 11.1 Å². The van der Waals surface area contributed by atoms with E-state index in [9.17, 15) is 4.79 Å². The third kappa shape index (κ3) is 1.76. The normalized spacial score (nSPS) is 18.6. The second-order valence-electron chi connectivity index (χ2n) is 5.15. The maximum atomic E-state index is 12.2. The van der Waals surface area contributed by atoms with E-state index in [0.29, 0.717) is 5.92 Å². The summed E-state index contributed by atoms with van der Waals surface area (Å²) in [7, 11) is 0. The van der Waals surface area contributed by atoms with Gasteiger partial charge in [0.05, 0.1) is 22.9 Å². The molecule has 1 amide bonds. The van der Waals surface area contributed by atoms with Crippen molar-refractivity contribution in [2.45, 2.75) is 25.3 Å². The first-order chi connectivity index (χ1) is 8.59. The van der Waals surface area contributed by atoms with Gasteiger partial charge in [-0.15, -0.1) is 0 Å². The summed E-state index contributed by atoms with van der Waals surface area (Å²) in [4.78, 5) is 12.2. The van der Waals surface area contributed by atoms with Gasteiger partial charge >= 0.3 is 0 Å². The molecular weight excluding hydrogens is 228 g/mol. The Morgan fingerprint density at radius 2 is 2.33 bits per heavy atom. The van der Waals surface area contributed by atoms with Crippen LogP contribution in [0.2, 0.25) is 0 Å². The maximum Gasteiger partial charge on any atom is 0.244 e. The quantitative estimate of drug-likeness (QED) is 0.767. The van der Waals surface area contributed by atoms with Crippen LogP contribution < -0.4 is 11.1 Å². The fourth-order valence-corrected chi connectivity index (χ4v) is 2.20. The predicted octanol–water partition coefficient (Wildman–Crippen LogP) is 1.63. The third-order valence-electron chi connectivity index (χ3n) is 3.64. The number of amides is 1. The number of hydrogen-bond acceptors (Lipinski definition) is 3. The molecule has 0 aliphatic heterocycles. The Labute approximate surface area is 105 Å². The number of nitrogens with zero attached hydrogens (tertiary/aromatic N) is 1. The topological polar surface area (TPSA) is 83.8 Å². The number of rotatable bonds is 3. The van der Waals surface area contributed by atoms with Crippen LogP contribution in [-0.2, 0) is 4.79 Å². The van der Waals surface area contributed by atoms with Gasteiger partial charge in [-0.3, -0.25) is 9.89 Å². The third-order valence-corrected chi connectivity index (χ3v) is 3.64. The van der Waals surface area contributed by atoms with Crippen LogP contribution in [0.25, 0.3) is 10.9 Å². The molecule has 2 aromatic rings. The molecule has 1 aromatic carbocycles. The van der Waals surface area contributed by atoms with Crippen LogP contribution in [0.5, 0.6) is 0 Å². The lowest BCUT2D eigenvalue weighted by Crippen LogP contribution is -2.50. The van der Waals surface area contributed by atoms with Crippen molar-refractivity contribution in [2.24, 2.45) is 11.7 Å². The second-order valence-corrected chi connectivity index (χ2v) is 5.15. The minimum absolute atomic E-state index is 0.132. The summed E-state index contributed by atoms with van der Waals surface area (Å²) in [5.41, 5.74) is 6.87. The molecule has 1 aliphatic rings. The molecule has 1 unspecified atom stereocenters. The summed E-state index contributed by atoms with van der Waals surface area (Å²) in [6.45, 7) is 1.80. The first-order valence-electron chi connectivity index (χ1n) is 6.11. The van der Waals surface area contributed by atoms with Gasteiger partial charge in [0.2, 0.25) is 5.91 Å². The van der Waals surface area contributed by atoms with E-state index in [-0.39, 0.29) is 5.91 Å². The molecule has 0 saturated heterocycles. The van der Waals surface area contributed by atoms with Crippen molar-refractivity contribution in [1.82, 2.24) is 10.2 Å². The number of fused-ring (bicyclic) bond motifs is 1. The highest BCUT2D eigenvalue weighted by Crippen LogP contribution is 2.38. The maximum absolute atomic E-state index is 12.2. The Balaban J connectivity index is 1.88. The van der Waals surface area contributed by atoms with Crippen molar-refractivity contribution in [2.75, 3.05) is 5.32 Å². The first-order valence-corrected chi connectivity index (χ1v) is 6.11. The molecule has 1 fully saturated rings. The molecule has 1 atom stereocenters. The number of anilines is 1. The molecule has 1 heterocycles. The van der Waals surface area contributed by atoms with Crippen LogP contribution in [0.4, 0.5) is 5.69 Å². The summed E-state index contributed by atoms with van der Waals surface area (Å²) in [5.74, 6) is 0.172. The molecule has 0 radical (unpaired) electrons. The smallest absolute Gasteiger partial charge is 0.244 e. The van der Waals surface area contributed by atoms with Gasteiger partial charge in [0.1, 0.15) is 0 Å². The van der Waals surface area contributed by atoms with Crippen LogP contribution in [0.3, 0.4) is 0 Å². The zero-order valence-corrected chi connectivity index (χ0v) is 10.2. The highest BCUT2D eigenvalue weighted by molar-refractivity contribution is 6.04. The van der Waals surface area contributed by atoms with E-state index < -0.39 is 5.54 Å². The molecule has 1 saturated carbocycles. The van der Waals surface area contributed by atoms with Gasteiger partial charge in [0.15, 0.2) is 0 Å². The van der Waals surface area contributed by atoms with Gasteiger partial charge in [-0.05, 0) is 31.7 Å². The molecular formula is C13H16N4O.